The maximum absolute atomic E-state index is 13.4. The quantitative estimate of drug-likeness (QED) is 0.218. The van der Waals surface area contributed by atoms with Gasteiger partial charge in [-0.3, -0.25) is 9.59 Å². The Hall–Kier alpha value is -2.94. The molecule has 2 amide bonds. The van der Waals surface area contributed by atoms with E-state index in [1.54, 1.807) is 11.3 Å². The summed E-state index contributed by atoms with van der Waals surface area (Å²) >= 11 is 4.49. The number of nitrogens with zero attached hydrogens (tertiary/aromatic N) is 1. The fourth-order valence-corrected chi connectivity index (χ4v) is 5.84. The molecular formula is C26H25N3O2S3. The van der Waals surface area contributed by atoms with Gasteiger partial charge in [-0.1, -0.05) is 55.8 Å². The molecule has 34 heavy (non-hydrogen) atoms. The first-order chi connectivity index (χ1) is 16.6. The van der Waals surface area contributed by atoms with Crippen LogP contribution in [0.1, 0.15) is 37.0 Å². The van der Waals surface area contributed by atoms with Crippen LogP contribution in [0.5, 0.6) is 0 Å². The first kappa shape index (κ1) is 24.2. The van der Waals surface area contributed by atoms with Crippen LogP contribution < -0.4 is 10.6 Å². The summed E-state index contributed by atoms with van der Waals surface area (Å²) in [6, 6.07) is 21.3. The van der Waals surface area contributed by atoms with Gasteiger partial charge >= 0.3 is 0 Å². The summed E-state index contributed by atoms with van der Waals surface area (Å²) < 4.78 is 0. The highest BCUT2D eigenvalue weighted by molar-refractivity contribution is 8.00. The third-order valence-corrected chi connectivity index (χ3v) is 7.88. The fourth-order valence-electron chi connectivity index (χ4n) is 3.28. The number of hydrogen-bond acceptors (Lipinski definition) is 6. The average Bonchev–Trinajstić information content (AvgIpc) is 3.54. The Morgan fingerprint density at radius 2 is 1.85 bits per heavy atom. The van der Waals surface area contributed by atoms with Crippen molar-refractivity contribution in [1.82, 2.24) is 4.98 Å². The van der Waals surface area contributed by atoms with Crippen LogP contribution in [0.15, 0.2) is 82.4 Å². The number of carbonyl (C=O) groups excluding carboxylic acids is 2. The van der Waals surface area contributed by atoms with Gasteiger partial charge < -0.3 is 10.6 Å². The zero-order chi connectivity index (χ0) is 23.8. The maximum Gasteiger partial charge on any atom is 0.244 e. The van der Waals surface area contributed by atoms with Gasteiger partial charge in [0.25, 0.3) is 0 Å². The van der Waals surface area contributed by atoms with Crippen LogP contribution in [-0.4, -0.2) is 16.8 Å². The van der Waals surface area contributed by atoms with E-state index in [0.717, 1.165) is 39.6 Å². The van der Waals surface area contributed by atoms with Gasteiger partial charge in [0.2, 0.25) is 11.8 Å². The minimum Gasteiger partial charge on any atom is -0.326 e. The summed E-state index contributed by atoms with van der Waals surface area (Å²) in [6.07, 6.45) is 2.34. The van der Waals surface area contributed by atoms with Crippen LogP contribution in [-0.2, 0) is 9.59 Å². The van der Waals surface area contributed by atoms with E-state index in [1.807, 2.05) is 77.5 Å². The van der Waals surface area contributed by atoms with Crippen molar-refractivity contribution in [2.75, 3.05) is 10.6 Å². The summed E-state index contributed by atoms with van der Waals surface area (Å²) in [5, 5.41) is 10.0. The second-order valence-corrected chi connectivity index (χ2v) is 10.6. The predicted molar refractivity (Wildman–Crippen MR) is 144 cm³/mol. The number of thiophene rings is 1. The number of amides is 2. The molecule has 0 aliphatic heterocycles. The zero-order valence-corrected chi connectivity index (χ0v) is 21.1. The maximum atomic E-state index is 13.4. The normalized spacial score (nSPS) is 11.7. The lowest BCUT2D eigenvalue weighted by Crippen LogP contribution is -2.19. The average molecular weight is 508 g/mol. The number of nitrogens with one attached hydrogen (secondary N) is 2. The molecule has 0 aliphatic carbocycles. The largest absolute Gasteiger partial charge is 0.326 e. The molecule has 0 radical (unpaired) electrons. The van der Waals surface area contributed by atoms with E-state index < -0.39 is 5.25 Å². The molecular weight excluding hydrogens is 483 g/mol. The van der Waals surface area contributed by atoms with Crippen molar-refractivity contribution in [3.8, 4) is 10.6 Å². The van der Waals surface area contributed by atoms with Crippen LogP contribution in [0.2, 0.25) is 0 Å². The van der Waals surface area contributed by atoms with Gasteiger partial charge in [-0.05, 0) is 41.6 Å². The summed E-state index contributed by atoms with van der Waals surface area (Å²) in [7, 11) is 0. The van der Waals surface area contributed by atoms with Gasteiger partial charge in [0.15, 0.2) is 5.13 Å². The highest BCUT2D eigenvalue weighted by Gasteiger charge is 2.23. The van der Waals surface area contributed by atoms with Gasteiger partial charge in [-0.25, -0.2) is 4.98 Å². The van der Waals surface area contributed by atoms with Crippen molar-refractivity contribution in [2.45, 2.75) is 36.3 Å². The van der Waals surface area contributed by atoms with Gasteiger partial charge in [0, 0.05) is 22.4 Å². The lowest BCUT2D eigenvalue weighted by molar-refractivity contribution is -0.116. The lowest BCUT2D eigenvalue weighted by atomic mass is 10.1. The number of aromatic nitrogens is 1. The Labute approximate surface area is 211 Å². The number of hydrogen-bond donors (Lipinski definition) is 2. The molecule has 1 atom stereocenters. The van der Waals surface area contributed by atoms with Crippen LogP contribution >= 0.6 is 34.4 Å². The van der Waals surface area contributed by atoms with E-state index >= 15 is 0 Å². The van der Waals surface area contributed by atoms with E-state index in [2.05, 4.69) is 22.5 Å². The smallest absolute Gasteiger partial charge is 0.244 e. The van der Waals surface area contributed by atoms with E-state index in [1.165, 1.54) is 23.1 Å². The Morgan fingerprint density at radius 1 is 1.00 bits per heavy atom. The number of rotatable bonds is 10. The van der Waals surface area contributed by atoms with Crippen LogP contribution in [0.25, 0.3) is 10.6 Å². The number of thiazole rings is 1. The number of anilines is 2. The van der Waals surface area contributed by atoms with Crippen LogP contribution in [0.4, 0.5) is 10.8 Å². The Kier molecular flexibility index (Phi) is 8.51. The Morgan fingerprint density at radius 3 is 2.62 bits per heavy atom. The molecule has 0 bridgehead atoms. The molecule has 2 aromatic carbocycles. The molecule has 0 fully saturated rings. The second kappa shape index (κ2) is 12.0. The van der Waals surface area contributed by atoms with Crippen LogP contribution in [0.3, 0.4) is 0 Å². The standard InChI is InChI=1S/C26H25N3O2S3/c1-2-3-14-23(30)27-19-11-7-12-20(16-19)34-24(18-9-5-4-6-10-18)25(31)29-26-28-21(17-33-26)22-13-8-15-32-22/h4-13,15-17,24H,2-3,14H2,1H3,(H,27,30)(H,28,29,31). The number of unbranched alkanes of at least 4 members (excludes halogenated alkanes) is 1. The summed E-state index contributed by atoms with van der Waals surface area (Å²) in [5.41, 5.74) is 2.50. The fraction of sp³-hybridized carbons (Fsp3) is 0.192. The third-order valence-electron chi connectivity index (χ3n) is 4.98. The SMILES string of the molecule is CCCCC(=O)Nc1cccc(SC(C(=O)Nc2nc(-c3cccs3)cs2)c2ccccc2)c1. The summed E-state index contributed by atoms with van der Waals surface area (Å²) in [4.78, 5) is 32.1. The molecule has 1 unspecified atom stereocenters. The van der Waals surface area contributed by atoms with Crippen LogP contribution in [0, 0.1) is 0 Å². The minimum absolute atomic E-state index is 0.00617. The number of benzene rings is 2. The predicted octanol–water partition coefficient (Wildman–Crippen LogP) is 7.47. The first-order valence-corrected chi connectivity index (χ1v) is 13.7. The van der Waals surface area contributed by atoms with Gasteiger partial charge in [-0.2, -0.15) is 0 Å². The van der Waals surface area contributed by atoms with E-state index in [4.69, 9.17) is 0 Å². The monoisotopic (exact) mass is 507 g/mol. The van der Waals surface area contributed by atoms with Crippen molar-refractivity contribution in [2.24, 2.45) is 0 Å². The molecule has 2 aromatic heterocycles. The highest BCUT2D eigenvalue weighted by Crippen LogP contribution is 2.38. The van der Waals surface area contributed by atoms with Crippen molar-refractivity contribution < 1.29 is 9.59 Å². The van der Waals surface area contributed by atoms with E-state index in [0.29, 0.717) is 11.6 Å². The van der Waals surface area contributed by atoms with Gasteiger partial charge in [0.05, 0.1) is 10.6 Å². The van der Waals surface area contributed by atoms with Gasteiger partial charge in [0.1, 0.15) is 5.25 Å². The van der Waals surface area contributed by atoms with E-state index in [-0.39, 0.29) is 11.8 Å². The minimum atomic E-state index is -0.471. The van der Waals surface area contributed by atoms with Crippen molar-refractivity contribution in [3.63, 3.8) is 0 Å². The van der Waals surface area contributed by atoms with Gasteiger partial charge in [-0.15, -0.1) is 34.4 Å². The Balaban J connectivity index is 1.50. The molecule has 0 spiro atoms. The number of thioether (sulfide) groups is 1. The molecule has 4 aromatic rings. The molecule has 8 heteroatoms. The summed E-state index contributed by atoms with van der Waals surface area (Å²) in [6.45, 7) is 2.06. The second-order valence-electron chi connectivity index (χ2n) is 7.59. The summed E-state index contributed by atoms with van der Waals surface area (Å²) in [5.74, 6) is -0.132. The molecule has 2 heterocycles. The highest BCUT2D eigenvalue weighted by atomic mass is 32.2. The molecule has 4 rings (SSSR count). The van der Waals surface area contributed by atoms with E-state index in [9.17, 15) is 9.59 Å². The zero-order valence-electron chi connectivity index (χ0n) is 18.7. The molecule has 0 saturated carbocycles. The molecule has 0 aliphatic rings. The van der Waals surface area contributed by atoms with Crippen molar-refractivity contribution in [3.05, 3.63) is 83.1 Å². The van der Waals surface area contributed by atoms with Crippen molar-refractivity contribution >= 4 is 57.1 Å². The molecule has 5 nitrogen and oxygen atoms in total. The first-order valence-electron chi connectivity index (χ1n) is 11.0. The molecule has 0 saturated heterocycles. The lowest BCUT2D eigenvalue weighted by Gasteiger charge is -2.17. The number of carbonyl (C=O) groups is 2. The Bertz CT molecular complexity index is 1220. The third kappa shape index (κ3) is 6.56. The topological polar surface area (TPSA) is 71.1 Å². The molecule has 174 valence electrons. The molecule has 2 N–H and O–H groups in total. The van der Waals surface area contributed by atoms with Crippen molar-refractivity contribution in [1.29, 1.82) is 0 Å².